The first-order chi connectivity index (χ1) is 13.4. The van der Waals surface area contributed by atoms with Gasteiger partial charge in [-0.15, -0.1) is 24.0 Å². The highest BCUT2D eigenvalue weighted by Crippen LogP contribution is 2.23. The molecule has 0 aliphatic heterocycles. The van der Waals surface area contributed by atoms with Gasteiger partial charge in [0.05, 0.1) is 6.20 Å². The molecule has 1 aromatic carbocycles. The van der Waals surface area contributed by atoms with Crippen LogP contribution in [0.2, 0.25) is 5.02 Å². The lowest BCUT2D eigenvalue weighted by atomic mass is 9.94. The third-order valence-electron chi connectivity index (χ3n) is 4.43. The van der Waals surface area contributed by atoms with Crippen molar-refractivity contribution in [3.63, 3.8) is 0 Å². The van der Waals surface area contributed by atoms with Gasteiger partial charge in [-0.2, -0.15) is 0 Å². The molecule has 0 aliphatic carbocycles. The average Bonchev–Trinajstić information content (AvgIpc) is 3.26. The van der Waals surface area contributed by atoms with Gasteiger partial charge in [-0.25, -0.2) is 9.98 Å². The van der Waals surface area contributed by atoms with Crippen molar-refractivity contribution in [2.75, 3.05) is 13.1 Å². The summed E-state index contributed by atoms with van der Waals surface area (Å²) >= 11 is 6.13. The number of halogens is 2. The number of rotatable bonds is 6. The highest BCUT2D eigenvalue weighted by molar-refractivity contribution is 14.0. The van der Waals surface area contributed by atoms with Crippen molar-refractivity contribution in [2.45, 2.75) is 46.1 Å². The average molecular weight is 530 g/mol. The third kappa shape index (κ3) is 6.37. The Bertz CT molecular complexity index is 958. The van der Waals surface area contributed by atoms with E-state index in [1.165, 1.54) is 5.56 Å². The number of aliphatic imine (C=N–C) groups is 1. The Hall–Kier alpha value is -1.74. The Kier molecular flexibility index (Phi) is 8.39. The van der Waals surface area contributed by atoms with Crippen LogP contribution in [0.1, 0.15) is 44.9 Å². The van der Waals surface area contributed by atoms with Crippen LogP contribution in [0.15, 0.2) is 40.0 Å². The fourth-order valence-corrected chi connectivity index (χ4v) is 3.06. The van der Waals surface area contributed by atoms with Crippen LogP contribution in [0.25, 0.3) is 10.9 Å². The van der Waals surface area contributed by atoms with E-state index in [1.807, 2.05) is 31.3 Å². The smallest absolute Gasteiger partial charge is 0.216 e. The normalized spacial score (nSPS) is 12.1. The van der Waals surface area contributed by atoms with Gasteiger partial charge in [-0.1, -0.05) is 32.4 Å². The number of guanidine groups is 1. The molecular formula is C21H29ClIN5O. The summed E-state index contributed by atoms with van der Waals surface area (Å²) in [6.45, 7) is 10.3. The maximum Gasteiger partial charge on any atom is 0.216 e. The molecule has 2 heterocycles. The van der Waals surface area contributed by atoms with Crippen molar-refractivity contribution in [1.82, 2.24) is 20.6 Å². The number of fused-ring (bicyclic) bond motifs is 1. The maximum absolute atomic E-state index is 6.13. The molecule has 3 N–H and O–H groups in total. The number of aromatic nitrogens is 2. The van der Waals surface area contributed by atoms with E-state index < -0.39 is 0 Å². The zero-order valence-electron chi connectivity index (χ0n) is 17.3. The Morgan fingerprint density at radius 2 is 2.07 bits per heavy atom. The molecule has 0 bridgehead atoms. The number of nitrogens with zero attached hydrogens (tertiary/aromatic N) is 2. The topological polar surface area (TPSA) is 78.2 Å². The molecule has 6 nitrogen and oxygen atoms in total. The summed E-state index contributed by atoms with van der Waals surface area (Å²) in [6, 6.07) is 5.89. The summed E-state index contributed by atoms with van der Waals surface area (Å²) in [5.74, 6) is 2.23. The number of hydrogen-bond acceptors (Lipinski definition) is 3. The molecule has 0 aliphatic rings. The first-order valence-electron chi connectivity index (χ1n) is 9.59. The molecule has 0 spiro atoms. The van der Waals surface area contributed by atoms with Crippen LogP contribution in [0.3, 0.4) is 0 Å². The first-order valence-corrected chi connectivity index (χ1v) is 9.97. The number of aromatic amines is 1. The van der Waals surface area contributed by atoms with Gasteiger partial charge in [-0.3, -0.25) is 0 Å². The van der Waals surface area contributed by atoms with E-state index in [2.05, 4.69) is 46.4 Å². The Morgan fingerprint density at radius 3 is 2.76 bits per heavy atom. The van der Waals surface area contributed by atoms with E-state index in [-0.39, 0.29) is 29.4 Å². The summed E-state index contributed by atoms with van der Waals surface area (Å²) in [7, 11) is 0. The van der Waals surface area contributed by atoms with Crippen LogP contribution >= 0.6 is 35.6 Å². The Balaban J connectivity index is 0.00000300. The van der Waals surface area contributed by atoms with Gasteiger partial charge in [-0.05, 0) is 37.1 Å². The largest absolute Gasteiger partial charge is 0.443 e. The summed E-state index contributed by atoms with van der Waals surface area (Å²) < 4.78 is 5.81. The summed E-state index contributed by atoms with van der Waals surface area (Å²) in [6.07, 6.45) is 4.68. The van der Waals surface area contributed by atoms with E-state index in [1.54, 1.807) is 6.20 Å². The highest BCUT2D eigenvalue weighted by atomic mass is 127. The number of H-pyrrole nitrogens is 1. The second-order valence-corrected chi connectivity index (χ2v) is 8.18. The summed E-state index contributed by atoms with van der Waals surface area (Å²) in [5.41, 5.74) is 2.27. The van der Waals surface area contributed by atoms with Crippen molar-refractivity contribution in [1.29, 1.82) is 0 Å². The molecule has 3 rings (SSSR count). The van der Waals surface area contributed by atoms with Crippen LogP contribution in [-0.4, -0.2) is 29.0 Å². The van der Waals surface area contributed by atoms with Crippen LogP contribution in [0.4, 0.5) is 0 Å². The minimum absolute atomic E-state index is 0. The number of benzene rings is 1. The van der Waals surface area contributed by atoms with Gasteiger partial charge < -0.3 is 20.0 Å². The highest BCUT2D eigenvalue weighted by Gasteiger charge is 2.19. The van der Waals surface area contributed by atoms with E-state index in [0.29, 0.717) is 12.4 Å². The number of oxazole rings is 1. The molecule has 2 aromatic heterocycles. The summed E-state index contributed by atoms with van der Waals surface area (Å²) in [4.78, 5) is 12.2. The van der Waals surface area contributed by atoms with Gasteiger partial charge in [0, 0.05) is 40.6 Å². The van der Waals surface area contributed by atoms with E-state index >= 15 is 0 Å². The molecular weight excluding hydrogens is 501 g/mol. The van der Waals surface area contributed by atoms with Crippen molar-refractivity contribution < 1.29 is 4.42 Å². The number of hydrogen-bond donors (Lipinski definition) is 3. The van der Waals surface area contributed by atoms with Crippen molar-refractivity contribution in [3.05, 3.63) is 52.8 Å². The standard InChI is InChI=1S/C21H28ClN5O.HI/c1-5-23-20(27-13-19-26-12-18(28-19)21(2,3)4)24-9-8-14-11-25-17-7-6-15(22)10-16(14)17;/h6-7,10-12,25H,5,8-9,13H2,1-4H3,(H2,23,24,27);1H. The van der Waals surface area contributed by atoms with Crippen LogP contribution in [-0.2, 0) is 18.4 Å². The maximum atomic E-state index is 6.13. The van der Waals surface area contributed by atoms with E-state index in [9.17, 15) is 0 Å². The fourth-order valence-electron chi connectivity index (χ4n) is 2.89. The van der Waals surface area contributed by atoms with E-state index in [0.717, 1.165) is 47.2 Å². The van der Waals surface area contributed by atoms with Gasteiger partial charge in [0.2, 0.25) is 5.89 Å². The molecule has 0 radical (unpaired) electrons. The quantitative estimate of drug-likeness (QED) is 0.238. The van der Waals surface area contributed by atoms with Crippen molar-refractivity contribution >= 4 is 52.4 Å². The molecule has 0 amide bonds. The van der Waals surface area contributed by atoms with Gasteiger partial charge >= 0.3 is 0 Å². The molecule has 0 atom stereocenters. The molecule has 0 saturated carbocycles. The van der Waals surface area contributed by atoms with E-state index in [4.69, 9.17) is 16.0 Å². The van der Waals surface area contributed by atoms with Crippen LogP contribution in [0.5, 0.6) is 0 Å². The zero-order valence-corrected chi connectivity index (χ0v) is 20.4. The molecule has 0 fully saturated rings. The van der Waals surface area contributed by atoms with Crippen LogP contribution < -0.4 is 10.6 Å². The lowest BCUT2D eigenvalue weighted by Gasteiger charge is -2.13. The molecule has 0 saturated heterocycles. The SMILES string of the molecule is CCNC(=NCc1ncc(C(C)(C)C)o1)NCCc1c[nH]c2ccc(Cl)cc12.I. The predicted molar refractivity (Wildman–Crippen MR) is 130 cm³/mol. The molecule has 29 heavy (non-hydrogen) atoms. The third-order valence-corrected chi connectivity index (χ3v) is 4.66. The monoisotopic (exact) mass is 529 g/mol. The van der Waals surface area contributed by atoms with Crippen molar-refractivity contribution in [2.24, 2.45) is 4.99 Å². The van der Waals surface area contributed by atoms with Crippen LogP contribution in [0, 0.1) is 0 Å². The lowest BCUT2D eigenvalue weighted by Crippen LogP contribution is -2.38. The second kappa shape index (κ2) is 10.3. The molecule has 158 valence electrons. The number of nitrogens with one attached hydrogen (secondary N) is 3. The van der Waals surface area contributed by atoms with Gasteiger partial charge in [0.1, 0.15) is 12.3 Å². The second-order valence-electron chi connectivity index (χ2n) is 7.74. The molecule has 0 unspecified atom stereocenters. The lowest BCUT2D eigenvalue weighted by molar-refractivity contribution is 0.383. The predicted octanol–water partition coefficient (Wildman–Crippen LogP) is 5.02. The Morgan fingerprint density at radius 1 is 1.28 bits per heavy atom. The first kappa shape index (κ1) is 23.5. The molecule has 3 aromatic rings. The fraction of sp³-hybridized carbons (Fsp3) is 0.429. The van der Waals surface area contributed by atoms with Crippen molar-refractivity contribution in [3.8, 4) is 0 Å². The minimum Gasteiger partial charge on any atom is -0.443 e. The van der Waals surface area contributed by atoms with Gasteiger partial charge in [0.25, 0.3) is 0 Å². The zero-order chi connectivity index (χ0) is 20.1. The molecule has 8 heteroatoms. The Labute approximate surface area is 193 Å². The summed E-state index contributed by atoms with van der Waals surface area (Å²) in [5, 5.41) is 8.53. The minimum atomic E-state index is -0.0556. The van der Waals surface area contributed by atoms with Gasteiger partial charge in [0.15, 0.2) is 5.96 Å².